The molecule has 0 saturated heterocycles. The standard InChI is InChI=1S/C15H23NO2/c1-15(2,3)9-10-16-13(14(17)18)11-12-7-5-4-6-8-12/h4-8,13,16H,9-11H2,1-3H3,(H,17,18)/t13-/m1/s1. The van der Waals surface area contributed by atoms with E-state index in [4.69, 9.17) is 0 Å². The molecule has 0 aliphatic rings. The Balaban J connectivity index is 2.49. The second-order valence-electron chi connectivity index (χ2n) is 5.85. The van der Waals surface area contributed by atoms with Gasteiger partial charge in [0.05, 0.1) is 0 Å². The summed E-state index contributed by atoms with van der Waals surface area (Å²) in [7, 11) is 0. The third-order valence-electron chi connectivity index (χ3n) is 2.85. The first-order chi connectivity index (χ1) is 8.38. The first-order valence-electron chi connectivity index (χ1n) is 6.38. The Morgan fingerprint density at radius 2 is 1.89 bits per heavy atom. The smallest absolute Gasteiger partial charge is 0.321 e. The number of hydrogen-bond acceptors (Lipinski definition) is 2. The molecular weight excluding hydrogens is 226 g/mol. The van der Waals surface area contributed by atoms with Crippen molar-refractivity contribution in [3.63, 3.8) is 0 Å². The van der Waals surface area contributed by atoms with Crippen LogP contribution in [-0.2, 0) is 11.2 Å². The molecule has 0 fully saturated rings. The molecule has 3 nitrogen and oxygen atoms in total. The van der Waals surface area contributed by atoms with Crippen molar-refractivity contribution < 1.29 is 9.90 Å². The Bertz CT molecular complexity index is 368. The molecule has 0 saturated carbocycles. The molecule has 0 heterocycles. The summed E-state index contributed by atoms with van der Waals surface area (Å²) in [4.78, 5) is 11.2. The Morgan fingerprint density at radius 1 is 1.28 bits per heavy atom. The van der Waals surface area contributed by atoms with Crippen LogP contribution in [0.1, 0.15) is 32.8 Å². The number of aliphatic carboxylic acids is 1. The van der Waals surface area contributed by atoms with E-state index >= 15 is 0 Å². The van der Waals surface area contributed by atoms with Crippen LogP contribution in [0.3, 0.4) is 0 Å². The molecule has 0 unspecified atom stereocenters. The predicted octanol–water partition coefficient (Wildman–Crippen LogP) is 2.71. The van der Waals surface area contributed by atoms with Gasteiger partial charge in [-0.3, -0.25) is 4.79 Å². The van der Waals surface area contributed by atoms with Crippen molar-refractivity contribution in [3.05, 3.63) is 35.9 Å². The molecule has 0 aliphatic carbocycles. The summed E-state index contributed by atoms with van der Waals surface area (Å²) in [6.07, 6.45) is 1.49. The quantitative estimate of drug-likeness (QED) is 0.815. The number of carbonyl (C=O) groups is 1. The number of carboxylic acid groups (broad SMARTS) is 1. The Labute approximate surface area is 109 Å². The maximum atomic E-state index is 11.2. The summed E-state index contributed by atoms with van der Waals surface area (Å²) in [6.45, 7) is 7.19. The third-order valence-corrected chi connectivity index (χ3v) is 2.85. The average Bonchev–Trinajstić information content (AvgIpc) is 2.27. The van der Waals surface area contributed by atoms with Crippen molar-refractivity contribution in [1.82, 2.24) is 5.32 Å². The summed E-state index contributed by atoms with van der Waals surface area (Å²) < 4.78 is 0. The van der Waals surface area contributed by atoms with E-state index < -0.39 is 12.0 Å². The predicted molar refractivity (Wildman–Crippen MR) is 73.6 cm³/mol. The van der Waals surface area contributed by atoms with E-state index in [0.717, 1.165) is 18.5 Å². The zero-order chi connectivity index (χ0) is 13.6. The van der Waals surface area contributed by atoms with Crippen molar-refractivity contribution in [2.45, 2.75) is 39.7 Å². The van der Waals surface area contributed by atoms with Crippen LogP contribution in [0.2, 0.25) is 0 Å². The van der Waals surface area contributed by atoms with E-state index in [9.17, 15) is 9.90 Å². The highest BCUT2D eigenvalue weighted by molar-refractivity contribution is 5.73. The molecule has 1 aromatic rings. The number of rotatable bonds is 6. The second kappa shape index (κ2) is 6.55. The van der Waals surface area contributed by atoms with Crippen LogP contribution >= 0.6 is 0 Å². The molecule has 2 N–H and O–H groups in total. The highest BCUT2D eigenvalue weighted by Gasteiger charge is 2.18. The lowest BCUT2D eigenvalue weighted by molar-refractivity contribution is -0.139. The van der Waals surface area contributed by atoms with E-state index in [2.05, 4.69) is 26.1 Å². The Hall–Kier alpha value is -1.35. The minimum Gasteiger partial charge on any atom is -0.480 e. The van der Waals surface area contributed by atoms with E-state index in [-0.39, 0.29) is 5.41 Å². The first kappa shape index (κ1) is 14.7. The molecule has 1 atom stereocenters. The van der Waals surface area contributed by atoms with Gasteiger partial charge in [0.1, 0.15) is 6.04 Å². The van der Waals surface area contributed by atoms with E-state index in [1.807, 2.05) is 30.3 Å². The van der Waals surface area contributed by atoms with Crippen molar-refractivity contribution >= 4 is 5.97 Å². The lowest BCUT2D eigenvalue weighted by Gasteiger charge is -2.20. The van der Waals surface area contributed by atoms with E-state index in [1.54, 1.807) is 0 Å². The van der Waals surface area contributed by atoms with Gasteiger partial charge >= 0.3 is 5.97 Å². The summed E-state index contributed by atoms with van der Waals surface area (Å²) in [5.74, 6) is -0.784. The monoisotopic (exact) mass is 249 g/mol. The fourth-order valence-corrected chi connectivity index (χ4v) is 1.72. The molecule has 1 aromatic carbocycles. The first-order valence-corrected chi connectivity index (χ1v) is 6.38. The molecule has 0 aromatic heterocycles. The largest absolute Gasteiger partial charge is 0.480 e. The highest BCUT2D eigenvalue weighted by Crippen LogP contribution is 2.17. The van der Waals surface area contributed by atoms with Gasteiger partial charge in [-0.2, -0.15) is 0 Å². The van der Waals surface area contributed by atoms with Crippen LogP contribution in [-0.4, -0.2) is 23.7 Å². The van der Waals surface area contributed by atoms with Gasteiger partial charge in [0.25, 0.3) is 0 Å². The number of nitrogens with one attached hydrogen (secondary N) is 1. The normalized spacial score (nSPS) is 13.3. The third kappa shape index (κ3) is 5.82. The van der Waals surface area contributed by atoms with Gasteiger partial charge in [-0.15, -0.1) is 0 Å². The van der Waals surface area contributed by atoms with Gasteiger partial charge < -0.3 is 10.4 Å². The molecule has 0 bridgehead atoms. The van der Waals surface area contributed by atoms with Crippen LogP contribution in [0.4, 0.5) is 0 Å². The molecule has 100 valence electrons. The van der Waals surface area contributed by atoms with Crippen molar-refractivity contribution in [2.75, 3.05) is 6.54 Å². The molecule has 1 rings (SSSR count). The van der Waals surface area contributed by atoms with Crippen LogP contribution in [0.5, 0.6) is 0 Å². The van der Waals surface area contributed by atoms with Gasteiger partial charge in [0.2, 0.25) is 0 Å². The maximum absolute atomic E-state index is 11.2. The Kier molecular flexibility index (Phi) is 5.35. The highest BCUT2D eigenvalue weighted by atomic mass is 16.4. The molecule has 0 amide bonds. The van der Waals surface area contributed by atoms with E-state index in [1.165, 1.54) is 0 Å². The second-order valence-corrected chi connectivity index (χ2v) is 5.85. The minimum absolute atomic E-state index is 0.225. The lowest BCUT2D eigenvalue weighted by atomic mass is 9.92. The fraction of sp³-hybridized carbons (Fsp3) is 0.533. The Morgan fingerprint density at radius 3 is 2.39 bits per heavy atom. The number of carboxylic acids is 1. The topological polar surface area (TPSA) is 49.3 Å². The van der Waals surface area contributed by atoms with Crippen molar-refractivity contribution in [1.29, 1.82) is 0 Å². The summed E-state index contributed by atoms with van der Waals surface area (Å²) in [5, 5.41) is 12.3. The van der Waals surface area contributed by atoms with Gasteiger partial charge in [-0.05, 0) is 30.4 Å². The number of hydrogen-bond donors (Lipinski definition) is 2. The molecule has 0 spiro atoms. The number of benzene rings is 1. The van der Waals surface area contributed by atoms with Gasteiger partial charge in [-0.25, -0.2) is 0 Å². The summed E-state index contributed by atoms with van der Waals surface area (Å²) in [6, 6.07) is 9.22. The summed E-state index contributed by atoms with van der Waals surface area (Å²) in [5.41, 5.74) is 1.27. The van der Waals surface area contributed by atoms with E-state index in [0.29, 0.717) is 6.42 Å². The molecule has 0 aliphatic heterocycles. The zero-order valence-electron chi connectivity index (χ0n) is 11.4. The molecular formula is C15H23NO2. The van der Waals surface area contributed by atoms with Gasteiger partial charge in [-0.1, -0.05) is 51.1 Å². The van der Waals surface area contributed by atoms with Crippen LogP contribution in [0.15, 0.2) is 30.3 Å². The van der Waals surface area contributed by atoms with Crippen molar-refractivity contribution in [2.24, 2.45) is 5.41 Å². The fourth-order valence-electron chi connectivity index (χ4n) is 1.72. The van der Waals surface area contributed by atoms with Crippen molar-refractivity contribution in [3.8, 4) is 0 Å². The van der Waals surface area contributed by atoms with Crippen LogP contribution in [0, 0.1) is 5.41 Å². The zero-order valence-corrected chi connectivity index (χ0v) is 11.4. The molecule has 18 heavy (non-hydrogen) atoms. The molecule has 0 radical (unpaired) electrons. The van der Waals surface area contributed by atoms with Gasteiger partial charge in [0.15, 0.2) is 0 Å². The van der Waals surface area contributed by atoms with Gasteiger partial charge in [0, 0.05) is 0 Å². The molecule has 3 heteroatoms. The van der Waals surface area contributed by atoms with Crippen LogP contribution < -0.4 is 5.32 Å². The SMILES string of the molecule is CC(C)(C)CCN[C@H](Cc1ccccc1)C(=O)O. The summed E-state index contributed by atoms with van der Waals surface area (Å²) >= 11 is 0. The lowest BCUT2D eigenvalue weighted by Crippen LogP contribution is -2.39. The maximum Gasteiger partial charge on any atom is 0.321 e. The van der Waals surface area contributed by atoms with Crippen LogP contribution in [0.25, 0.3) is 0 Å². The average molecular weight is 249 g/mol. The minimum atomic E-state index is -0.784.